The summed E-state index contributed by atoms with van der Waals surface area (Å²) >= 11 is 5.99. The number of halogens is 1. The van der Waals surface area contributed by atoms with Crippen molar-refractivity contribution in [1.29, 1.82) is 0 Å². The number of pyridine rings is 1. The Balaban J connectivity index is 2.05. The molecule has 21 heavy (non-hydrogen) atoms. The number of carbonyl (C=O) groups is 1. The van der Waals surface area contributed by atoms with Crippen LogP contribution in [0.15, 0.2) is 42.7 Å². The number of carbonyl (C=O) groups excluding carboxylic acids is 1. The molecule has 4 nitrogen and oxygen atoms in total. The Morgan fingerprint density at radius 2 is 2.05 bits per heavy atom. The summed E-state index contributed by atoms with van der Waals surface area (Å²) in [4.78, 5) is 16.1. The zero-order valence-electron chi connectivity index (χ0n) is 12.0. The zero-order valence-corrected chi connectivity index (χ0v) is 12.7. The second-order valence-electron chi connectivity index (χ2n) is 4.55. The fourth-order valence-corrected chi connectivity index (χ4v) is 2.11. The highest BCUT2D eigenvalue weighted by atomic mass is 35.5. The van der Waals surface area contributed by atoms with E-state index >= 15 is 0 Å². The Labute approximate surface area is 129 Å². The topological polar surface area (TPSA) is 51.2 Å². The van der Waals surface area contributed by atoms with Crippen LogP contribution in [0.5, 0.6) is 5.75 Å². The van der Waals surface area contributed by atoms with Crippen molar-refractivity contribution in [3.05, 3.63) is 58.9 Å². The van der Waals surface area contributed by atoms with Gasteiger partial charge in [-0.05, 0) is 37.6 Å². The molecule has 110 valence electrons. The Kier molecular flexibility index (Phi) is 5.17. The van der Waals surface area contributed by atoms with Crippen molar-refractivity contribution < 1.29 is 9.53 Å². The highest BCUT2D eigenvalue weighted by Crippen LogP contribution is 2.19. The Bertz CT molecular complexity index is 614. The molecule has 1 amide bonds. The molecule has 0 saturated carbocycles. The predicted octanol–water partition coefficient (Wildman–Crippen LogP) is 3.62. The molecule has 0 fully saturated rings. The summed E-state index contributed by atoms with van der Waals surface area (Å²) in [6.07, 6.45) is 3.01. The zero-order chi connectivity index (χ0) is 15.2. The number of aromatic nitrogens is 1. The van der Waals surface area contributed by atoms with Gasteiger partial charge in [0.05, 0.1) is 23.2 Å². The Hall–Kier alpha value is -2.07. The average molecular weight is 305 g/mol. The van der Waals surface area contributed by atoms with E-state index in [0.29, 0.717) is 17.2 Å². The van der Waals surface area contributed by atoms with Gasteiger partial charge in [-0.1, -0.05) is 23.7 Å². The van der Waals surface area contributed by atoms with Gasteiger partial charge in [0, 0.05) is 12.4 Å². The fraction of sp³-hybridized carbons (Fsp3) is 0.250. The maximum atomic E-state index is 12.2. The van der Waals surface area contributed by atoms with Crippen LogP contribution in [0.25, 0.3) is 0 Å². The summed E-state index contributed by atoms with van der Waals surface area (Å²) in [6, 6.07) is 9.10. The molecular weight excluding hydrogens is 288 g/mol. The van der Waals surface area contributed by atoms with Crippen molar-refractivity contribution >= 4 is 17.5 Å². The average Bonchev–Trinajstić information content (AvgIpc) is 2.48. The van der Waals surface area contributed by atoms with Gasteiger partial charge in [-0.15, -0.1) is 0 Å². The van der Waals surface area contributed by atoms with Gasteiger partial charge in [0.25, 0.3) is 5.91 Å². The predicted molar refractivity (Wildman–Crippen MR) is 82.7 cm³/mol. The molecule has 1 heterocycles. The van der Waals surface area contributed by atoms with Gasteiger partial charge >= 0.3 is 0 Å². The first kappa shape index (κ1) is 15.3. The van der Waals surface area contributed by atoms with Crippen LogP contribution in [-0.2, 0) is 0 Å². The number of nitrogens with zero attached hydrogens (tertiary/aromatic N) is 1. The van der Waals surface area contributed by atoms with Gasteiger partial charge in [-0.2, -0.15) is 0 Å². The van der Waals surface area contributed by atoms with Crippen LogP contribution in [0.2, 0.25) is 5.02 Å². The molecule has 0 bridgehead atoms. The number of rotatable bonds is 5. The molecule has 1 N–H and O–H groups in total. The lowest BCUT2D eigenvalue weighted by Crippen LogP contribution is -2.27. The summed E-state index contributed by atoms with van der Waals surface area (Å²) in [5.41, 5.74) is 1.36. The SMILES string of the molecule is CCOc1ccc(C(C)NC(=O)c2cnccc2Cl)cc1. The van der Waals surface area contributed by atoms with Gasteiger partial charge in [0.1, 0.15) is 5.75 Å². The molecule has 2 aromatic rings. The quantitative estimate of drug-likeness (QED) is 0.918. The van der Waals surface area contributed by atoms with E-state index in [9.17, 15) is 4.79 Å². The molecule has 2 rings (SSSR count). The third-order valence-electron chi connectivity index (χ3n) is 3.05. The largest absolute Gasteiger partial charge is 0.494 e. The fourth-order valence-electron chi connectivity index (χ4n) is 1.92. The van der Waals surface area contributed by atoms with Crippen LogP contribution in [-0.4, -0.2) is 17.5 Å². The molecular formula is C16H17ClN2O2. The molecule has 5 heteroatoms. The molecule has 0 aliphatic carbocycles. The Morgan fingerprint density at radius 1 is 1.33 bits per heavy atom. The van der Waals surface area contributed by atoms with Crippen LogP contribution in [0.3, 0.4) is 0 Å². The van der Waals surface area contributed by atoms with Crippen molar-refractivity contribution in [3.8, 4) is 5.75 Å². The van der Waals surface area contributed by atoms with Gasteiger partial charge < -0.3 is 10.1 Å². The molecule has 0 radical (unpaired) electrons. The van der Waals surface area contributed by atoms with Crippen molar-refractivity contribution in [2.24, 2.45) is 0 Å². The van der Waals surface area contributed by atoms with Crippen molar-refractivity contribution in [1.82, 2.24) is 10.3 Å². The van der Waals surface area contributed by atoms with Crippen LogP contribution in [0.1, 0.15) is 35.8 Å². The van der Waals surface area contributed by atoms with Crippen LogP contribution >= 0.6 is 11.6 Å². The van der Waals surface area contributed by atoms with E-state index in [-0.39, 0.29) is 11.9 Å². The lowest BCUT2D eigenvalue weighted by atomic mass is 10.1. The maximum Gasteiger partial charge on any atom is 0.254 e. The Morgan fingerprint density at radius 3 is 2.67 bits per heavy atom. The van der Waals surface area contributed by atoms with Gasteiger partial charge in [-0.25, -0.2) is 0 Å². The first-order valence-electron chi connectivity index (χ1n) is 6.75. The molecule has 0 aliphatic rings. The third-order valence-corrected chi connectivity index (χ3v) is 3.38. The second kappa shape index (κ2) is 7.09. The molecule has 0 saturated heterocycles. The number of hydrogen-bond acceptors (Lipinski definition) is 3. The second-order valence-corrected chi connectivity index (χ2v) is 4.96. The summed E-state index contributed by atoms with van der Waals surface area (Å²) < 4.78 is 5.39. The molecule has 0 aliphatic heterocycles. The minimum Gasteiger partial charge on any atom is -0.494 e. The summed E-state index contributed by atoms with van der Waals surface area (Å²) in [5, 5.41) is 3.29. The molecule has 1 unspecified atom stereocenters. The number of hydrogen-bond donors (Lipinski definition) is 1. The van der Waals surface area contributed by atoms with Crippen LogP contribution < -0.4 is 10.1 Å². The number of amides is 1. The van der Waals surface area contributed by atoms with Crippen LogP contribution in [0, 0.1) is 0 Å². The molecule has 1 atom stereocenters. The van der Waals surface area contributed by atoms with E-state index in [0.717, 1.165) is 11.3 Å². The first-order valence-corrected chi connectivity index (χ1v) is 7.12. The first-order chi connectivity index (χ1) is 10.1. The number of nitrogens with one attached hydrogen (secondary N) is 1. The summed E-state index contributed by atoms with van der Waals surface area (Å²) in [6.45, 7) is 4.48. The van der Waals surface area contributed by atoms with E-state index < -0.39 is 0 Å². The van der Waals surface area contributed by atoms with E-state index in [4.69, 9.17) is 16.3 Å². The van der Waals surface area contributed by atoms with Crippen molar-refractivity contribution in [2.45, 2.75) is 19.9 Å². The maximum absolute atomic E-state index is 12.2. The summed E-state index contributed by atoms with van der Waals surface area (Å²) in [7, 11) is 0. The number of benzene rings is 1. The van der Waals surface area contributed by atoms with Crippen molar-refractivity contribution in [2.75, 3.05) is 6.61 Å². The highest BCUT2D eigenvalue weighted by Gasteiger charge is 2.14. The molecule has 1 aromatic carbocycles. The monoisotopic (exact) mass is 304 g/mol. The van der Waals surface area contributed by atoms with E-state index in [1.807, 2.05) is 38.1 Å². The smallest absolute Gasteiger partial charge is 0.254 e. The number of ether oxygens (including phenoxy) is 1. The highest BCUT2D eigenvalue weighted by molar-refractivity contribution is 6.33. The lowest BCUT2D eigenvalue weighted by Gasteiger charge is -2.15. The van der Waals surface area contributed by atoms with E-state index in [2.05, 4.69) is 10.3 Å². The standard InChI is InChI=1S/C16H17ClN2O2/c1-3-21-13-6-4-12(5-7-13)11(2)19-16(20)14-10-18-9-8-15(14)17/h4-11H,3H2,1-2H3,(H,19,20). The lowest BCUT2D eigenvalue weighted by molar-refractivity contribution is 0.0939. The summed E-state index contributed by atoms with van der Waals surface area (Å²) in [5.74, 6) is 0.574. The van der Waals surface area contributed by atoms with E-state index in [1.54, 1.807) is 12.3 Å². The third kappa shape index (κ3) is 3.95. The van der Waals surface area contributed by atoms with E-state index in [1.165, 1.54) is 6.20 Å². The molecule has 0 spiro atoms. The normalized spacial score (nSPS) is 11.8. The van der Waals surface area contributed by atoms with Crippen molar-refractivity contribution in [3.63, 3.8) is 0 Å². The minimum absolute atomic E-state index is 0.135. The van der Waals surface area contributed by atoms with Gasteiger partial charge in [0.15, 0.2) is 0 Å². The van der Waals surface area contributed by atoms with Crippen LogP contribution in [0.4, 0.5) is 0 Å². The molecule has 1 aromatic heterocycles. The van der Waals surface area contributed by atoms with Gasteiger partial charge in [0.2, 0.25) is 0 Å². The minimum atomic E-state index is -0.241. The van der Waals surface area contributed by atoms with Gasteiger partial charge in [-0.3, -0.25) is 9.78 Å².